The van der Waals surface area contributed by atoms with E-state index in [1.807, 2.05) is 13.8 Å². The Morgan fingerprint density at radius 3 is 2.93 bits per heavy atom. The minimum Gasteiger partial charge on any atom is -0.484 e. The fourth-order valence-electron chi connectivity index (χ4n) is 1.91. The van der Waals surface area contributed by atoms with Gasteiger partial charge in [0, 0.05) is 11.6 Å². The highest BCUT2D eigenvalue weighted by molar-refractivity contribution is 5.55. The van der Waals surface area contributed by atoms with Crippen LogP contribution in [0.3, 0.4) is 0 Å². The number of fused-ring (bicyclic) bond motifs is 1. The minimum atomic E-state index is -0.379. The molecule has 4 heteroatoms. The van der Waals surface area contributed by atoms with E-state index in [0.717, 1.165) is 24.0 Å². The van der Waals surface area contributed by atoms with Crippen molar-refractivity contribution in [3.63, 3.8) is 0 Å². The lowest BCUT2D eigenvalue weighted by Gasteiger charge is -2.24. The molecule has 4 nitrogen and oxygen atoms in total. The molecule has 0 radical (unpaired) electrons. The lowest BCUT2D eigenvalue weighted by atomic mass is 9.97. The van der Waals surface area contributed by atoms with Crippen molar-refractivity contribution in [3.05, 3.63) is 33.4 Å². The minimum absolute atomic E-state index is 0.0676. The molecule has 15 heavy (non-hydrogen) atoms. The molecule has 0 saturated carbocycles. The zero-order valence-electron chi connectivity index (χ0n) is 8.82. The molecule has 1 unspecified atom stereocenters. The van der Waals surface area contributed by atoms with Crippen LogP contribution in [0.4, 0.5) is 5.69 Å². The summed E-state index contributed by atoms with van der Waals surface area (Å²) in [6.07, 6.45) is 1.86. The number of nitro groups is 1. The number of nitro benzene ring substituents is 1. The third-order valence-corrected chi connectivity index (χ3v) is 2.79. The van der Waals surface area contributed by atoms with Crippen LogP contribution in [-0.2, 0) is 6.42 Å². The second-order valence-corrected chi connectivity index (χ2v) is 3.93. The van der Waals surface area contributed by atoms with Gasteiger partial charge in [0.2, 0.25) is 5.75 Å². The average molecular weight is 207 g/mol. The van der Waals surface area contributed by atoms with Gasteiger partial charge in [0.1, 0.15) is 0 Å². The summed E-state index contributed by atoms with van der Waals surface area (Å²) in [7, 11) is 0. The smallest absolute Gasteiger partial charge is 0.311 e. The fourth-order valence-corrected chi connectivity index (χ4v) is 1.91. The molecule has 80 valence electrons. The second-order valence-electron chi connectivity index (χ2n) is 3.93. The quantitative estimate of drug-likeness (QED) is 0.525. The van der Waals surface area contributed by atoms with Crippen molar-refractivity contribution in [2.45, 2.75) is 32.8 Å². The molecule has 0 aromatic heterocycles. The summed E-state index contributed by atoms with van der Waals surface area (Å²) in [4.78, 5) is 10.4. The highest BCUT2D eigenvalue weighted by Crippen LogP contribution is 2.38. The number of hydrogen-bond donors (Lipinski definition) is 0. The van der Waals surface area contributed by atoms with Gasteiger partial charge in [-0.15, -0.1) is 0 Å². The molecule has 0 saturated heterocycles. The van der Waals surface area contributed by atoms with Gasteiger partial charge >= 0.3 is 5.69 Å². The molecule has 1 aliphatic rings. The van der Waals surface area contributed by atoms with E-state index in [1.165, 1.54) is 6.07 Å². The van der Waals surface area contributed by atoms with E-state index < -0.39 is 0 Å². The van der Waals surface area contributed by atoms with E-state index in [4.69, 9.17) is 4.74 Å². The van der Waals surface area contributed by atoms with Crippen molar-refractivity contribution in [1.82, 2.24) is 0 Å². The number of ether oxygens (including phenoxy) is 1. The SMILES string of the molecule is Cc1ccc([N+](=O)[O-])c2c1CCC(C)O2. The lowest BCUT2D eigenvalue weighted by Crippen LogP contribution is -2.20. The fraction of sp³-hybridized carbons (Fsp3) is 0.455. The van der Waals surface area contributed by atoms with Crippen molar-refractivity contribution in [2.24, 2.45) is 0 Å². The number of benzene rings is 1. The molecule has 1 aromatic rings. The van der Waals surface area contributed by atoms with Crippen LogP contribution < -0.4 is 4.74 Å². The predicted octanol–water partition coefficient (Wildman–Crippen LogP) is 2.62. The molecule has 1 aliphatic heterocycles. The molecule has 1 atom stereocenters. The molecule has 0 amide bonds. The Morgan fingerprint density at radius 1 is 1.53 bits per heavy atom. The average Bonchev–Trinajstić information content (AvgIpc) is 2.17. The van der Waals surface area contributed by atoms with Gasteiger partial charge in [0.05, 0.1) is 11.0 Å². The van der Waals surface area contributed by atoms with Crippen LogP contribution in [-0.4, -0.2) is 11.0 Å². The van der Waals surface area contributed by atoms with Crippen LogP contribution in [0.5, 0.6) is 5.75 Å². The second kappa shape index (κ2) is 3.53. The third-order valence-electron chi connectivity index (χ3n) is 2.79. The number of aryl methyl sites for hydroxylation is 1. The Labute approximate surface area is 88.0 Å². The molecular formula is C11H13NO3. The van der Waals surface area contributed by atoms with Gasteiger partial charge in [-0.1, -0.05) is 6.07 Å². The summed E-state index contributed by atoms with van der Waals surface area (Å²) >= 11 is 0. The summed E-state index contributed by atoms with van der Waals surface area (Å²) in [5.74, 6) is 0.471. The molecule has 1 aromatic carbocycles. The van der Waals surface area contributed by atoms with E-state index in [1.54, 1.807) is 6.07 Å². The van der Waals surface area contributed by atoms with E-state index in [0.29, 0.717) is 5.75 Å². The first kappa shape index (κ1) is 9.96. The van der Waals surface area contributed by atoms with Crippen molar-refractivity contribution >= 4 is 5.69 Å². The van der Waals surface area contributed by atoms with Crippen molar-refractivity contribution < 1.29 is 9.66 Å². The summed E-state index contributed by atoms with van der Waals surface area (Å²) in [6, 6.07) is 3.31. The van der Waals surface area contributed by atoms with Crippen molar-refractivity contribution in [3.8, 4) is 5.75 Å². The maximum absolute atomic E-state index is 10.8. The van der Waals surface area contributed by atoms with E-state index in [2.05, 4.69) is 0 Å². The van der Waals surface area contributed by atoms with E-state index >= 15 is 0 Å². The third kappa shape index (κ3) is 1.67. The van der Waals surface area contributed by atoms with Crippen LogP contribution in [0.2, 0.25) is 0 Å². The summed E-state index contributed by atoms with van der Waals surface area (Å²) in [6.45, 7) is 3.90. The Morgan fingerprint density at radius 2 is 2.27 bits per heavy atom. The summed E-state index contributed by atoms with van der Waals surface area (Å²) < 4.78 is 5.56. The first-order chi connectivity index (χ1) is 7.09. The molecule has 0 fully saturated rings. The Balaban J connectivity index is 2.56. The highest BCUT2D eigenvalue weighted by Gasteiger charge is 2.26. The monoisotopic (exact) mass is 207 g/mol. The van der Waals surface area contributed by atoms with Crippen molar-refractivity contribution in [1.29, 1.82) is 0 Å². The number of nitrogens with zero attached hydrogens (tertiary/aromatic N) is 1. The van der Waals surface area contributed by atoms with Crippen LogP contribution >= 0.6 is 0 Å². The number of hydrogen-bond acceptors (Lipinski definition) is 3. The van der Waals surface area contributed by atoms with Gasteiger partial charge in [-0.3, -0.25) is 10.1 Å². The zero-order chi connectivity index (χ0) is 11.0. The Kier molecular flexibility index (Phi) is 2.34. The van der Waals surface area contributed by atoms with Gasteiger partial charge in [0.15, 0.2) is 0 Å². The molecule has 2 rings (SSSR count). The molecular weight excluding hydrogens is 194 g/mol. The Hall–Kier alpha value is -1.58. The standard InChI is InChI=1S/C11H13NO3/c1-7-3-6-10(12(13)14)11-9(7)5-4-8(2)15-11/h3,6,8H,4-5H2,1-2H3. The maximum atomic E-state index is 10.8. The molecule has 0 spiro atoms. The van der Waals surface area contributed by atoms with Gasteiger partial charge in [-0.25, -0.2) is 0 Å². The topological polar surface area (TPSA) is 52.4 Å². The molecule has 1 heterocycles. The molecule has 0 N–H and O–H groups in total. The summed E-state index contributed by atoms with van der Waals surface area (Å²) in [5, 5.41) is 10.8. The van der Waals surface area contributed by atoms with Crippen LogP contribution in [0, 0.1) is 17.0 Å². The Bertz CT molecular complexity index is 415. The zero-order valence-corrected chi connectivity index (χ0v) is 8.82. The molecule has 0 aliphatic carbocycles. The van der Waals surface area contributed by atoms with Gasteiger partial charge in [-0.2, -0.15) is 0 Å². The lowest BCUT2D eigenvalue weighted by molar-refractivity contribution is -0.386. The van der Waals surface area contributed by atoms with E-state index in [-0.39, 0.29) is 16.7 Å². The number of rotatable bonds is 1. The predicted molar refractivity (Wildman–Crippen MR) is 56.2 cm³/mol. The van der Waals surface area contributed by atoms with Crippen LogP contribution in [0.25, 0.3) is 0 Å². The first-order valence-electron chi connectivity index (χ1n) is 5.03. The first-order valence-corrected chi connectivity index (χ1v) is 5.03. The largest absolute Gasteiger partial charge is 0.484 e. The normalized spacial score (nSPS) is 19.2. The highest BCUT2D eigenvalue weighted by atomic mass is 16.6. The van der Waals surface area contributed by atoms with Gasteiger partial charge < -0.3 is 4.74 Å². The van der Waals surface area contributed by atoms with Gasteiger partial charge in [0.25, 0.3) is 0 Å². The maximum Gasteiger partial charge on any atom is 0.311 e. The van der Waals surface area contributed by atoms with Gasteiger partial charge in [-0.05, 0) is 32.3 Å². The molecule has 0 bridgehead atoms. The van der Waals surface area contributed by atoms with E-state index in [9.17, 15) is 10.1 Å². The van der Waals surface area contributed by atoms with Crippen LogP contribution in [0.1, 0.15) is 24.5 Å². The van der Waals surface area contributed by atoms with Crippen LogP contribution in [0.15, 0.2) is 12.1 Å². The van der Waals surface area contributed by atoms with Crippen molar-refractivity contribution in [2.75, 3.05) is 0 Å². The summed E-state index contributed by atoms with van der Waals surface area (Å²) in [5.41, 5.74) is 2.15.